The van der Waals surface area contributed by atoms with Crippen LogP contribution in [0.3, 0.4) is 0 Å². The van der Waals surface area contributed by atoms with E-state index in [4.69, 9.17) is 4.98 Å². The summed E-state index contributed by atoms with van der Waals surface area (Å²) in [6, 6.07) is 9.82. The topological polar surface area (TPSA) is 97.2 Å². The van der Waals surface area contributed by atoms with Crippen molar-refractivity contribution in [2.24, 2.45) is 0 Å². The molecule has 170 valence electrons. The van der Waals surface area contributed by atoms with Crippen molar-refractivity contribution in [3.63, 3.8) is 0 Å². The molecular formula is C23H29N5O3S. The van der Waals surface area contributed by atoms with Gasteiger partial charge in [0.15, 0.2) is 5.65 Å². The Morgan fingerprint density at radius 1 is 1.19 bits per heavy atom. The monoisotopic (exact) mass is 455 g/mol. The summed E-state index contributed by atoms with van der Waals surface area (Å²) in [5.74, 6) is -0.187. The number of piperidine rings is 1. The molecule has 1 fully saturated rings. The highest BCUT2D eigenvalue weighted by atomic mass is 32.2. The maximum atomic E-state index is 13.3. The van der Waals surface area contributed by atoms with Crippen molar-refractivity contribution in [2.75, 3.05) is 19.3 Å². The molecule has 1 N–H and O–H groups in total. The van der Waals surface area contributed by atoms with Crippen molar-refractivity contribution in [3.8, 4) is 11.3 Å². The van der Waals surface area contributed by atoms with Crippen LogP contribution >= 0.6 is 0 Å². The molecule has 1 amide bonds. The van der Waals surface area contributed by atoms with Gasteiger partial charge in [-0.15, -0.1) is 0 Å². The number of amides is 1. The SMILES string of the molecule is Cc1ccccc1-c1cc(C(=O)NC2CCN(S(C)(=O)=O)CC2)c2cnn(C(C)C)c2n1. The van der Waals surface area contributed by atoms with Crippen molar-refractivity contribution >= 4 is 27.0 Å². The Balaban J connectivity index is 1.68. The summed E-state index contributed by atoms with van der Waals surface area (Å²) in [6.45, 7) is 6.91. The van der Waals surface area contributed by atoms with Gasteiger partial charge in [0.25, 0.3) is 5.91 Å². The quantitative estimate of drug-likeness (QED) is 0.637. The number of aryl methyl sites for hydroxylation is 1. The van der Waals surface area contributed by atoms with Gasteiger partial charge >= 0.3 is 0 Å². The number of aromatic nitrogens is 3. The molecule has 2 aromatic heterocycles. The molecule has 9 heteroatoms. The number of hydrogen-bond donors (Lipinski definition) is 1. The standard InChI is InChI=1S/C23H29N5O3S/c1-15(2)28-22-20(14-24-28)19(13-21(26-22)18-8-6-5-7-16(18)3)23(29)25-17-9-11-27(12-10-17)32(4,30)31/h5-8,13-15,17H,9-12H2,1-4H3,(H,25,29). The number of carbonyl (C=O) groups excluding carboxylic acids is 1. The molecular weight excluding hydrogens is 426 g/mol. The molecule has 4 rings (SSSR count). The van der Waals surface area contributed by atoms with E-state index in [0.29, 0.717) is 42.5 Å². The summed E-state index contributed by atoms with van der Waals surface area (Å²) in [5.41, 5.74) is 3.99. The average Bonchev–Trinajstić information content (AvgIpc) is 3.17. The highest BCUT2D eigenvalue weighted by Gasteiger charge is 2.27. The van der Waals surface area contributed by atoms with Gasteiger partial charge in [0, 0.05) is 30.7 Å². The number of sulfonamides is 1. The molecule has 1 aliphatic rings. The summed E-state index contributed by atoms with van der Waals surface area (Å²) in [7, 11) is -3.20. The Hall–Kier alpha value is -2.78. The first-order valence-electron chi connectivity index (χ1n) is 10.9. The van der Waals surface area contributed by atoms with Crippen LogP contribution in [0.1, 0.15) is 48.7 Å². The van der Waals surface area contributed by atoms with E-state index in [1.54, 1.807) is 6.20 Å². The largest absolute Gasteiger partial charge is 0.349 e. The lowest BCUT2D eigenvalue weighted by Gasteiger charge is -2.30. The molecule has 3 heterocycles. The third-order valence-electron chi connectivity index (χ3n) is 5.98. The summed E-state index contributed by atoms with van der Waals surface area (Å²) >= 11 is 0. The molecule has 1 aromatic carbocycles. The number of benzene rings is 1. The van der Waals surface area contributed by atoms with Crippen LogP contribution in [0.25, 0.3) is 22.3 Å². The van der Waals surface area contributed by atoms with E-state index in [1.165, 1.54) is 10.6 Å². The van der Waals surface area contributed by atoms with Crippen LogP contribution in [0.2, 0.25) is 0 Å². The number of nitrogens with one attached hydrogen (secondary N) is 1. The van der Waals surface area contributed by atoms with Crippen LogP contribution in [0.5, 0.6) is 0 Å². The van der Waals surface area contributed by atoms with Gasteiger partial charge in [0.2, 0.25) is 10.0 Å². The summed E-state index contributed by atoms with van der Waals surface area (Å²) in [4.78, 5) is 18.2. The summed E-state index contributed by atoms with van der Waals surface area (Å²) < 4.78 is 26.8. The van der Waals surface area contributed by atoms with Gasteiger partial charge in [-0.05, 0) is 45.2 Å². The van der Waals surface area contributed by atoms with Gasteiger partial charge in [0.1, 0.15) is 0 Å². The van der Waals surface area contributed by atoms with Crippen LogP contribution in [0.15, 0.2) is 36.5 Å². The van der Waals surface area contributed by atoms with Crippen molar-refractivity contribution < 1.29 is 13.2 Å². The third-order valence-corrected chi connectivity index (χ3v) is 7.28. The minimum atomic E-state index is -3.20. The van der Waals surface area contributed by atoms with E-state index < -0.39 is 10.0 Å². The fourth-order valence-corrected chi connectivity index (χ4v) is 5.05. The number of fused-ring (bicyclic) bond motifs is 1. The van der Waals surface area contributed by atoms with Gasteiger partial charge in [-0.25, -0.2) is 22.4 Å². The van der Waals surface area contributed by atoms with Gasteiger partial charge in [-0.3, -0.25) is 4.79 Å². The minimum Gasteiger partial charge on any atom is -0.349 e. The molecule has 0 aliphatic carbocycles. The van der Waals surface area contributed by atoms with Crippen LogP contribution in [-0.2, 0) is 10.0 Å². The Kier molecular flexibility index (Phi) is 6.05. The van der Waals surface area contributed by atoms with Crippen molar-refractivity contribution in [2.45, 2.75) is 45.7 Å². The first-order chi connectivity index (χ1) is 15.1. The number of carbonyl (C=O) groups is 1. The maximum absolute atomic E-state index is 13.3. The molecule has 0 bridgehead atoms. The van der Waals surface area contributed by atoms with Crippen molar-refractivity contribution in [1.82, 2.24) is 24.4 Å². The highest BCUT2D eigenvalue weighted by Crippen LogP contribution is 2.28. The minimum absolute atomic E-state index is 0.0780. The number of rotatable bonds is 5. The Morgan fingerprint density at radius 2 is 1.88 bits per heavy atom. The summed E-state index contributed by atoms with van der Waals surface area (Å²) in [6.07, 6.45) is 4.09. The second-order valence-corrected chi connectivity index (χ2v) is 10.7. The Labute approximate surface area is 188 Å². The lowest BCUT2D eigenvalue weighted by molar-refractivity contribution is 0.0925. The molecule has 1 aliphatic heterocycles. The van der Waals surface area contributed by atoms with E-state index in [-0.39, 0.29) is 18.0 Å². The maximum Gasteiger partial charge on any atom is 0.252 e. The van der Waals surface area contributed by atoms with E-state index in [0.717, 1.165) is 16.8 Å². The van der Waals surface area contributed by atoms with Crippen LogP contribution < -0.4 is 5.32 Å². The van der Waals surface area contributed by atoms with Crippen LogP contribution in [0.4, 0.5) is 0 Å². The van der Waals surface area contributed by atoms with Gasteiger partial charge in [-0.2, -0.15) is 5.10 Å². The predicted octanol–water partition coefficient (Wildman–Crippen LogP) is 3.14. The lowest BCUT2D eigenvalue weighted by atomic mass is 10.0. The molecule has 1 saturated heterocycles. The van der Waals surface area contributed by atoms with Gasteiger partial charge in [0.05, 0.1) is 29.1 Å². The molecule has 0 atom stereocenters. The van der Waals surface area contributed by atoms with E-state index >= 15 is 0 Å². The zero-order valence-corrected chi connectivity index (χ0v) is 19.7. The molecule has 3 aromatic rings. The Bertz CT molecular complexity index is 1260. The first-order valence-corrected chi connectivity index (χ1v) is 12.7. The summed E-state index contributed by atoms with van der Waals surface area (Å²) in [5, 5.41) is 8.30. The lowest BCUT2D eigenvalue weighted by Crippen LogP contribution is -2.46. The predicted molar refractivity (Wildman–Crippen MR) is 125 cm³/mol. The molecule has 8 nitrogen and oxygen atoms in total. The van der Waals surface area contributed by atoms with E-state index in [2.05, 4.69) is 10.4 Å². The first kappa shape index (κ1) is 22.4. The third kappa shape index (κ3) is 4.40. The van der Waals surface area contributed by atoms with E-state index in [1.807, 2.05) is 55.8 Å². The smallest absolute Gasteiger partial charge is 0.252 e. The normalized spacial score (nSPS) is 16.0. The molecule has 32 heavy (non-hydrogen) atoms. The fourth-order valence-electron chi connectivity index (χ4n) is 4.18. The second kappa shape index (κ2) is 8.63. The molecule has 0 spiro atoms. The van der Waals surface area contributed by atoms with Crippen molar-refractivity contribution in [1.29, 1.82) is 0 Å². The highest BCUT2D eigenvalue weighted by molar-refractivity contribution is 7.88. The number of hydrogen-bond acceptors (Lipinski definition) is 5. The number of nitrogens with zero attached hydrogens (tertiary/aromatic N) is 4. The van der Waals surface area contributed by atoms with E-state index in [9.17, 15) is 13.2 Å². The van der Waals surface area contributed by atoms with Gasteiger partial charge < -0.3 is 5.32 Å². The van der Waals surface area contributed by atoms with Crippen LogP contribution in [0, 0.1) is 6.92 Å². The number of pyridine rings is 1. The second-order valence-electron chi connectivity index (χ2n) is 8.70. The van der Waals surface area contributed by atoms with Gasteiger partial charge in [-0.1, -0.05) is 24.3 Å². The molecule has 0 radical (unpaired) electrons. The fraction of sp³-hybridized carbons (Fsp3) is 0.435. The van der Waals surface area contributed by atoms with Crippen LogP contribution in [-0.4, -0.2) is 58.8 Å². The average molecular weight is 456 g/mol. The van der Waals surface area contributed by atoms with Crippen molar-refractivity contribution in [3.05, 3.63) is 47.7 Å². The Morgan fingerprint density at radius 3 is 2.50 bits per heavy atom. The zero-order chi connectivity index (χ0) is 23.0. The molecule has 0 saturated carbocycles. The zero-order valence-electron chi connectivity index (χ0n) is 18.9. The molecule has 0 unspecified atom stereocenters.